The van der Waals surface area contributed by atoms with Crippen LogP contribution in [0.4, 0.5) is 10.7 Å². The number of halogens is 1. The van der Waals surface area contributed by atoms with E-state index in [-0.39, 0.29) is 30.7 Å². The predicted molar refractivity (Wildman–Crippen MR) is 142 cm³/mol. The van der Waals surface area contributed by atoms with Gasteiger partial charge in [-0.25, -0.2) is 4.79 Å². The van der Waals surface area contributed by atoms with Gasteiger partial charge in [0.1, 0.15) is 23.0 Å². The van der Waals surface area contributed by atoms with Gasteiger partial charge < -0.3 is 23.4 Å². The number of carbonyl (C=O) groups excluding carboxylic acids is 1. The molecule has 2 saturated heterocycles. The minimum absolute atomic E-state index is 0. The van der Waals surface area contributed by atoms with E-state index in [1.54, 1.807) is 0 Å². The van der Waals surface area contributed by atoms with Gasteiger partial charge >= 0.3 is 12.0 Å². The summed E-state index contributed by atoms with van der Waals surface area (Å²) in [6, 6.07) is 10.5. The standard InChI is InChI=1S/C17H27NO3.C8H7N3O5.ClH/c1-2-3-12-20-16-5-7-17(8-6-16)21-13-4-9-18-10-14-19-15-11-18;12-8-10(3-4-15-8)9-5-6-1-2-7(16-6)11(13)14;/h5-8H,2-4,9-15H2,1H3;1-2,5H,3-4H2;1H. The van der Waals surface area contributed by atoms with E-state index >= 15 is 0 Å². The van der Waals surface area contributed by atoms with Crippen molar-refractivity contribution in [1.29, 1.82) is 0 Å². The number of benzene rings is 1. The van der Waals surface area contributed by atoms with E-state index in [4.69, 9.17) is 18.6 Å². The van der Waals surface area contributed by atoms with Gasteiger partial charge in [-0.1, -0.05) is 13.3 Å². The van der Waals surface area contributed by atoms with Crippen molar-refractivity contribution in [1.82, 2.24) is 9.91 Å². The molecular weight excluding hydrogens is 520 g/mol. The fraction of sp³-hybridized carbons (Fsp3) is 0.520. The third-order valence-corrected chi connectivity index (χ3v) is 5.44. The second-order valence-corrected chi connectivity index (χ2v) is 8.24. The van der Waals surface area contributed by atoms with E-state index in [0.29, 0.717) is 6.54 Å². The maximum absolute atomic E-state index is 11.0. The maximum atomic E-state index is 11.0. The summed E-state index contributed by atoms with van der Waals surface area (Å²) in [4.78, 5) is 23.0. The molecule has 0 radical (unpaired) electrons. The Morgan fingerprint density at radius 1 is 1.00 bits per heavy atom. The molecule has 1 aromatic carbocycles. The predicted octanol–water partition coefficient (Wildman–Crippen LogP) is 4.36. The SMILES string of the molecule is CCCCOc1ccc(OCCCN2CCOCC2)cc1.Cl.O=C1OCCN1N=Cc1ccc([N+](=O)[O-])o1. The summed E-state index contributed by atoms with van der Waals surface area (Å²) in [7, 11) is 0. The molecule has 1 amide bonds. The number of rotatable bonds is 12. The fourth-order valence-corrected chi connectivity index (χ4v) is 3.40. The highest BCUT2D eigenvalue weighted by Gasteiger charge is 2.21. The fourth-order valence-electron chi connectivity index (χ4n) is 3.40. The molecule has 0 unspecified atom stereocenters. The quantitative estimate of drug-likeness (QED) is 0.162. The van der Waals surface area contributed by atoms with Crippen LogP contribution in [-0.4, -0.2) is 86.4 Å². The molecule has 12 nitrogen and oxygen atoms in total. The van der Waals surface area contributed by atoms with Crippen LogP contribution in [0, 0.1) is 10.1 Å². The molecule has 1 aromatic heterocycles. The van der Waals surface area contributed by atoms with Crippen LogP contribution in [0.2, 0.25) is 0 Å². The lowest BCUT2D eigenvalue weighted by Gasteiger charge is -2.26. The molecule has 0 saturated carbocycles. The first-order valence-electron chi connectivity index (χ1n) is 12.4. The number of hydrazone groups is 1. The molecule has 0 N–H and O–H groups in total. The number of ether oxygens (including phenoxy) is 4. The van der Waals surface area contributed by atoms with Crippen molar-refractivity contribution in [3.8, 4) is 11.5 Å². The number of nitro groups is 1. The summed E-state index contributed by atoms with van der Waals surface area (Å²) in [5, 5.41) is 15.2. The number of amides is 1. The minimum Gasteiger partial charge on any atom is -0.494 e. The van der Waals surface area contributed by atoms with Crippen molar-refractivity contribution in [2.75, 3.05) is 59.2 Å². The number of nitrogens with zero attached hydrogens (tertiary/aromatic N) is 4. The lowest BCUT2D eigenvalue weighted by atomic mass is 10.3. The lowest BCUT2D eigenvalue weighted by Crippen LogP contribution is -2.37. The average molecular weight is 555 g/mol. The molecule has 4 rings (SSSR count). The van der Waals surface area contributed by atoms with Crippen LogP contribution in [0.1, 0.15) is 31.9 Å². The Kier molecular flexibility index (Phi) is 14.0. The van der Waals surface area contributed by atoms with Crippen LogP contribution in [-0.2, 0) is 9.47 Å². The van der Waals surface area contributed by atoms with E-state index in [1.165, 1.54) is 18.3 Å². The molecule has 2 fully saturated rings. The van der Waals surface area contributed by atoms with Crippen LogP contribution in [0.15, 0.2) is 45.9 Å². The number of morpholine rings is 1. The molecule has 2 aromatic rings. The maximum Gasteiger partial charge on any atom is 0.433 e. The highest BCUT2D eigenvalue weighted by atomic mass is 35.5. The van der Waals surface area contributed by atoms with E-state index in [0.717, 1.165) is 81.8 Å². The summed E-state index contributed by atoms with van der Waals surface area (Å²) in [6.07, 6.45) is 3.98. The van der Waals surface area contributed by atoms with Gasteiger partial charge in [-0.2, -0.15) is 10.1 Å². The zero-order chi connectivity index (χ0) is 26.3. The molecule has 0 spiro atoms. The molecule has 38 heavy (non-hydrogen) atoms. The molecule has 210 valence electrons. The Bertz CT molecular complexity index is 996. The number of hydrogen-bond acceptors (Lipinski definition) is 10. The molecule has 3 heterocycles. The summed E-state index contributed by atoms with van der Waals surface area (Å²) in [5.41, 5.74) is 0. The number of unbranched alkanes of at least 4 members (excludes halogenated alkanes) is 1. The summed E-state index contributed by atoms with van der Waals surface area (Å²) in [6.45, 7) is 9.25. The van der Waals surface area contributed by atoms with E-state index in [2.05, 4.69) is 21.7 Å². The normalized spacial score (nSPS) is 15.4. The van der Waals surface area contributed by atoms with Crippen molar-refractivity contribution in [3.05, 3.63) is 52.3 Å². The highest BCUT2D eigenvalue weighted by molar-refractivity contribution is 5.85. The monoisotopic (exact) mass is 554 g/mol. The van der Waals surface area contributed by atoms with Gasteiger partial charge in [0.05, 0.1) is 45.3 Å². The zero-order valence-electron chi connectivity index (χ0n) is 21.5. The molecule has 13 heteroatoms. The first kappa shape index (κ1) is 30.9. The van der Waals surface area contributed by atoms with E-state index in [9.17, 15) is 14.9 Å². The topological polar surface area (TPSA) is 129 Å². The summed E-state index contributed by atoms with van der Waals surface area (Å²) < 4.78 is 26.2. The van der Waals surface area contributed by atoms with Crippen molar-refractivity contribution in [3.63, 3.8) is 0 Å². The summed E-state index contributed by atoms with van der Waals surface area (Å²) in [5.74, 6) is 1.67. The second kappa shape index (κ2) is 17.2. The van der Waals surface area contributed by atoms with Crippen LogP contribution in [0.3, 0.4) is 0 Å². The van der Waals surface area contributed by atoms with Crippen molar-refractivity contribution >= 4 is 30.6 Å². The minimum atomic E-state index is -0.651. The van der Waals surface area contributed by atoms with Gasteiger partial charge in [-0.05, 0) is 43.2 Å². The number of furan rings is 1. The van der Waals surface area contributed by atoms with E-state index in [1.807, 2.05) is 24.3 Å². The molecule has 2 aliphatic heterocycles. The van der Waals surface area contributed by atoms with Crippen molar-refractivity contribution < 1.29 is 33.1 Å². The third-order valence-electron chi connectivity index (χ3n) is 5.44. The Balaban J connectivity index is 0.000000269. The Morgan fingerprint density at radius 2 is 1.66 bits per heavy atom. The van der Waals surface area contributed by atoms with Gasteiger partial charge in [-0.15, -0.1) is 12.4 Å². The number of cyclic esters (lactones) is 1. The Labute approximate surface area is 228 Å². The van der Waals surface area contributed by atoms with Gasteiger partial charge in [0.2, 0.25) is 0 Å². The van der Waals surface area contributed by atoms with Gasteiger partial charge in [-0.3, -0.25) is 15.0 Å². The Morgan fingerprint density at radius 3 is 2.21 bits per heavy atom. The van der Waals surface area contributed by atoms with Crippen molar-refractivity contribution in [2.24, 2.45) is 5.10 Å². The van der Waals surface area contributed by atoms with Crippen molar-refractivity contribution in [2.45, 2.75) is 26.2 Å². The molecule has 0 atom stereocenters. The van der Waals surface area contributed by atoms with Gasteiger partial charge in [0, 0.05) is 19.6 Å². The Hall–Kier alpha value is -3.35. The average Bonchev–Trinajstić information content (AvgIpc) is 3.56. The molecule has 0 aliphatic carbocycles. The summed E-state index contributed by atoms with van der Waals surface area (Å²) >= 11 is 0. The van der Waals surface area contributed by atoms with Crippen LogP contribution in [0.25, 0.3) is 0 Å². The lowest BCUT2D eigenvalue weighted by molar-refractivity contribution is -0.402. The largest absolute Gasteiger partial charge is 0.494 e. The number of hydrogen-bond donors (Lipinski definition) is 0. The van der Waals surface area contributed by atoms with E-state index < -0.39 is 11.0 Å². The third kappa shape index (κ3) is 11.0. The van der Waals surface area contributed by atoms with Crippen LogP contribution < -0.4 is 9.47 Å². The number of carbonyl (C=O) groups is 1. The van der Waals surface area contributed by atoms with Crippen LogP contribution >= 0.6 is 12.4 Å². The second-order valence-electron chi connectivity index (χ2n) is 8.24. The molecule has 2 aliphatic rings. The van der Waals surface area contributed by atoms with Gasteiger partial charge in [0.25, 0.3) is 0 Å². The first-order chi connectivity index (χ1) is 18.0. The first-order valence-corrected chi connectivity index (χ1v) is 12.4. The zero-order valence-corrected chi connectivity index (χ0v) is 22.3. The smallest absolute Gasteiger partial charge is 0.433 e. The molecular formula is C25H35ClN4O8. The van der Waals surface area contributed by atoms with Gasteiger partial charge in [0.15, 0.2) is 5.76 Å². The highest BCUT2D eigenvalue weighted by Crippen LogP contribution is 2.18. The molecule has 0 bridgehead atoms. The van der Waals surface area contributed by atoms with Crippen LogP contribution in [0.5, 0.6) is 11.5 Å².